The zero-order valence-electron chi connectivity index (χ0n) is 11.9. The highest BCUT2D eigenvalue weighted by Gasteiger charge is 2.36. The Morgan fingerprint density at radius 3 is 2.52 bits per heavy atom. The van der Waals surface area contributed by atoms with Gasteiger partial charge in [0.15, 0.2) is 0 Å². The van der Waals surface area contributed by atoms with E-state index in [1.54, 1.807) is 0 Å². The van der Waals surface area contributed by atoms with Crippen molar-refractivity contribution in [3.8, 4) is 0 Å². The van der Waals surface area contributed by atoms with Crippen molar-refractivity contribution in [2.45, 2.75) is 25.4 Å². The van der Waals surface area contributed by atoms with Crippen LogP contribution in [0.3, 0.4) is 0 Å². The van der Waals surface area contributed by atoms with Crippen LogP contribution in [0.1, 0.15) is 24.9 Å². The van der Waals surface area contributed by atoms with Crippen LogP contribution in [0.15, 0.2) is 30.3 Å². The van der Waals surface area contributed by atoms with Gasteiger partial charge in [0.2, 0.25) is 0 Å². The van der Waals surface area contributed by atoms with Crippen LogP contribution in [0.25, 0.3) is 0 Å². The van der Waals surface area contributed by atoms with Crippen LogP contribution in [0.5, 0.6) is 0 Å². The van der Waals surface area contributed by atoms with Gasteiger partial charge in [0.05, 0.1) is 5.92 Å². The lowest BCUT2D eigenvalue weighted by Crippen LogP contribution is -2.53. The maximum Gasteiger partial charge on any atom is 0.407 e. The van der Waals surface area contributed by atoms with E-state index in [0.29, 0.717) is 13.0 Å². The first-order chi connectivity index (χ1) is 9.99. The van der Waals surface area contributed by atoms with Gasteiger partial charge in [-0.2, -0.15) is 0 Å². The molecular formula is C15H20N2O4. The van der Waals surface area contributed by atoms with E-state index in [2.05, 4.69) is 5.32 Å². The van der Waals surface area contributed by atoms with E-state index >= 15 is 0 Å². The molecule has 1 amide bonds. The van der Waals surface area contributed by atoms with E-state index in [4.69, 9.17) is 5.11 Å². The van der Waals surface area contributed by atoms with Crippen molar-refractivity contribution in [2.24, 2.45) is 5.92 Å². The fraction of sp³-hybridized carbons (Fsp3) is 0.467. The second-order valence-corrected chi connectivity index (χ2v) is 5.37. The third kappa shape index (κ3) is 3.72. The molecule has 114 valence electrons. The molecule has 0 unspecified atom stereocenters. The normalized spacial score (nSPS) is 23.6. The van der Waals surface area contributed by atoms with E-state index in [1.807, 2.05) is 37.3 Å². The van der Waals surface area contributed by atoms with Crippen LogP contribution in [0.4, 0.5) is 4.79 Å². The topological polar surface area (TPSA) is 89.9 Å². The lowest BCUT2D eigenvalue weighted by atomic mass is 9.91. The first-order valence-electron chi connectivity index (χ1n) is 7.00. The first kappa shape index (κ1) is 15.3. The van der Waals surface area contributed by atoms with Gasteiger partial charge in [0, 0.05) is 25.2 Å². The van der Waals surface area contributed by atoms with Gasteiger partial charge in [0.25, 0.3) is 0 Å². The number of hydrogen-bond acceptors (Lipinski definition) is 3. The molecule has 0 bridgehead atoms. The molecule has 1 aliphatic heterocycles. The molecule has 6 heteroatoms. The molecular weight excluding hydrogens is 272 g/mol. The smallest absolute Gasteiger partial charge is 0.407 e. The molecule has 21 heavy (non-hydrogen) atoms. The van der Waals surface area contributed by atoms with Crippen molar-refractivity contribution in [3.05, 3.63) is 35.9 Å². The minimum Gasteiger partial charge on any atom is -0.481 e. The molecule has 1 saturated heterocycles. The lowest BCUT2D eigenvalue weighted by molar-refractivity contribution is -0.144. The minimum absolute atomic E-state index is 0.0226. The van der Waals surface area contributed by atoms with E-state index in [1.165, 1.54) is 4.90 Å². The van der Waals surface area contributed by atoms with E-state index in [9.17, 15) is 14.7 Å². The third-order valence-corrected chi connectivity index (χ3v) is 3.96. The van der Waals surface area contributed by atoms with Gasteiger partial charge >= 0.3 is 12.1 Å². The number of carboxylic acids is 1. The van der Waals surface area contributed by atoms with Gasteiger partial charge in [-0.15, -0.1) is 0 Å². The number of piperidine rings is 1. The predicted octanol–water partition coefficient (Wildman–Crippen LogP) is 1.79. The Morgan fingerprint density at radius 1 is 1.29 bits per heavy atom. The Balaban J connectivity index is 2.04. The zero-order chi connectivity index (χ0) is 15.4. The SMILES string of the molecule is C[C@@H](N[C@@H]1CCN(C(=O)O)C[C@H]1C(=O)O)c1ccccc1. The maximum atomic E-state index is 11.4. The van der Waals surface area contributed by atoms with Crippen molar-refractivity contribution in [1.29, 1.82) is 0 Å². The summed E-state index contributed by atoms with van der Waals surface area (Å²) in [5.74, 6) is -1.68. The summed E-state index contributed by atoms with van der Waals surface area (Å²) in [7, 11) is 0. The van der Waals surface area contributed by atoms with Crippen molar-refractivity contribution in [2.75, 3.05) is 13.1 Å². The molecule has 0 aliphatic carbocycles. The fourth-order valence-electron chi connectivity index (χ4n) is 2.73. The number of likely N-dealkylation sites (tertiary alicyclic amines) is 1. The highest BCUT2D eigenvalue weighted by atomic mass is 16.4. The van der Waals surface area contributed by atoms with Gasteiger partial charge < -0.3 is 20.4 Å². The number of carbonyl (C=O) groups is 2. The minimum atomic E-state index is -1.06. The average molecular weight is 292 g/mol. The van der Waals surface area contributed by atoms with Crippen molar-refractivity contribution in [3.63, 3.8) is 0 Å². The average Bonchev–Trinajstić information content (AvgIpc) is 2.48. The van der Waals surface area contributed by atoms with Crippen molar-refractivity contribution < 1.29 is 19.8 Å². The number of carboxylic acid groups (broad SMARTS) is 2. The summed E-state index contributed by atoms with van der Waals surface area (Å²) in [6, 6.07) is 9.58. The van der Waals surface area contributed by atoms with E-state index < -0.39 is 18.0 Å². The van der Waals surface area contributed by atoms with E-state index in [-0.39, 0.29) is 18.6 Å². The molecule has 0 spiro atoms. The van der Waals surface area contributed by atoms with Gasteiger partial charge in [-0.05, 0) is 18.9 Å². The van der Waals surface area contributed by atoms with Crippen molar-refractivity contribution in [1.82, 2.24) is 10.2 Å². The largest absolute Gasteiger partial charge is 0.481 e. The number of rotatable bonds is 4. The molecule has 1 fully saturated rings. The fourth-order valence-corrected chi connectivity index (χ4v) is 2.73. The van der Waals surface area contributed by atoms with Crippen LogP contribution in [0.2, 0.25) is 0 Å². The van der Waals surface area contributed by atoms with Crippen LogP contribution >= 0.6 is 0 Å². The Labute approximate surface area is 123 Å². The quantitative estimate of drug-likeness (QED) is 0.787. The molecule has 1 aromatic rings. The second-order valence-electron chi connectivity index (χ2n) is 5.37. The summed E-state index contributed by atoms with van der Waals surface area (Å²) in [4.78, 5) is 23.5. The number of amides is 1. The van der Waals surface area contributed by atoms with Gasteiger partial charge in [-0.1, -0.05) is 30.3 Å². The van der Waals surface area contributed by atoms with Crippen LogP contribution in [-0.2, 0) is 4.79 Å². The molecule has 0 aromatic heterocycles. The Bertz CT molecular complexity index is 506. The summed E-state index contributed by atoms with van der Waals surface area (Å²) in [6.45, 7) is 2.37. The summed E-state index contributed by atoms with van der Waals surface area (Å²) in [5, 5.41) is 21.7. The van der Waals surface area contributed by atoms with Crippen LogP contribution in [-0.4, -0.2) is 46.3 Å². The summed E-state index contributed by atoms with van der Waals surface area (Å²) in [6.07, 6.45) is -0.559. The summed E-state index contributed by atoms with van der Waals surface area (Å²) < 4.78 is 0. The summed E-state index contributed by atoms with van der Waals surface area (Å²) in [5.41, 5.74) is 1.09. The number of nitrogens with one attached hydrogen (secondary N) is 1. The number of nitrogens with zero attached hydrogens (tertiary/aromatic N) is 1. The molecule has 3 N–H and O–H groups in total. The number of benzene rings is 1. The molecule has 1 aromatic carbocycles. The highest BCUT2D eigenvalue weighted by molar-refractivity contribution is 5.73. The van der Waals surface area contributed by atoms with Gasteiger partial charge in [-0.3, -0.25) is 4.79 Å². The Hall–Kier alpha value is -2.08. The monoisotopic (exact) mass is 292 g/mol. The van der Waals surface area contributed by atoms with Crippen LogP contribution < -0.4 is 5.32 Å². The number of hydrogen-bond donors (Lipinski definition) is 3. The van der Waals surface area contributed by atoms with E-state index in [0.717, 1.165) is 5.56 Å². The Kier molecular flexibility index (Phi) is 4.80. The first-order valence-corrected chi connectivity index (χ1v) is 7.00. The predicted molar refractivity (Wildman–Crippen MR) is 77.1 cm³/mol. The second kappa shape index (κ2) is 6.58. The summed E-state index contributed by atoms with van der Waals surface area (Å²) >= 11 is 0. The third-order valence-electron chi connectivity index (χ3n) is 3.96. The highest BCUT2D eigenvalue weighted by Crippen LogP contribution is 2.22. The molecule has 0 radical (unpaired) electrons. The zero-order valence-corrected chi connectivity index (χ0v) is 11.9. The molecule has 1 aliphatic rings. The lowest BCUT2D eigenvalue weighted by Gasteiger charge is -2.37. The molecule has 3 atom stereocenters. The van der Waals surface area contributed by atoms with Crippen molar-refractivity contribution >= 4 is 12.1 Å². The standard InChI is InChI=1S/C15H20N2O4/c1-10(11-5-3-2-4-6-11)16-13-7-8-17(15(20)21)9-12(13)14(18)19/h2-6,10,12-13,16H,7-9H2,1H3,(H,18,19)(H,20,21)/t10-,12-,13-/m1/s1. The Morgan fingerprint density at radius 2 is 1.95 bits per heavy atom. The molecule has 0 saturated carbocycles. The molecule has 6 nitrogen and oxygen atoms in total. The van der Waals surface area contributed by atoms with Gasteiger partial charge in [0.1, 0.15) is 0 Å². The molecule has 1 heterocycles. The number of aliphatic carboxylic acids is 1. The van der Waals surface area contributed by atoms with Gasteiger partial charge in [-0.25, -0.2) is 4.79 Å². The molecule has 2 rings (SSSR count). The maximum absolute atomic E-state index is 11.4. The van der Waals surface area contributed by atoms with Crippen LogP contribution in [0, 0.1) is 5.92 Å².